The molecule has 1 unspecified atom stereocenters. The highest BCUT2D eigenvalue weighted by atomic mass is 35.5. The minimum atomic E-state index is -0.0325. The third-order valence-electron chi connectivity index (χ3n) is 3.19. The first-order chi connectivity index (χ1) is 9.16. The highest BCUT2D eigenvalue weighted by molar-refractivity contribution is 6.34. The van der Waals surface area contributed by atoms with Gasteiger partial charge in [0.2, 0.25) is 0 Å². The maximum atomic E-state index is 7.35. The van der Waals surface area contributed by atoms with Gasteiger partial charge >= 0.3 is 0 Å². The van der Waals surface area contributed by atoms with Crippen LogP contribution in [0.3, 0.4) is 0 Å². The molecular formula is C14H19ClN2O2. The predicted molar refractivity (Wildman–Crippen MR) is 76.2 cm³/mol. The zero-order valence-corrected chi connectivity index (χ0v) is 11.6. The van der Waals surface area contributed by atoms with Gasteiger partial charge < -0.3 is 15.2 Å². The Morgan fingerprint density at radius 1 is 1.53 bits per heavy atom. The maximum absolute atomic E-state index is 7.35. The quantitative estimate of drug-likeness (QED) is 0.479. The summed E-state index contributed by atoms with van der Waals surface area (Å²) < 4.78 is 11.2. The van der Waals surface area contributed by atoms with Crippen LogP contribution in [-0.2, 0) is 4.74 Å². The predicted octanol–water partition coefficient (Wildman–Crippen LogP) is 2.96. The van der Waals surface area contributed by atoms with Crippen molar-refractivity contribution in [3.05, 3.63) is 28.8 Å². The Balaban J connectivity index is 1.76. The van der Waals surface area contributed by atoms with Crippen LogP contribution >= 0.6 is 11.6 Å². The summed E-state index contributed by atoms with van der Waals surface area (Å²) in [6.45, 7) is 1.54. The van der Waals surface area contributed by atoms with Crippen molar-refractivity contribution in [1.82, 2.24) is 0 Å². The second kappa shape index (κ2) is 6.78. The first-order valence-electron chi connectivity index (χ1n) is 6.55. The van der Waals surface area contributed by atoms with E-state index in [1.54, 1.807) is 18.2 Å². The second-order valence-corrected chi connectivity index (χ2v) is 5.09. The van der Waals surface area contributed by atoms with E-state index in [0.717, 1.165) is 19.4 Å². The minimum absolute atomic E-state index is 0.0325. The van der Waals surface area contributed by atoms with Crippen molar-refractivity contribution in [3.63, 3.8) is 0 Å². The number of nitrogen functional groups attached to an aromatic ring is 1. The Morgan fingerprint density at radius 2 is 2.37 bits per heavy atom. The molecule has 1 aliphatic heterocycles. The van der Waals surface area contributed by atoms with Crippen LogP contribution < -0.4 is 10.5 Å². The Kier molecular flexibility index (Phi) is 5.05. The number of rotatable bonds is 6. The summed E-state index contributed by atoms with van der Waals surface area (Å²) in [4.78, 5) is 0. The zero-order valence-electron chi connectivity index (χ0n) is 10.8. The lowest BCUT2D eigenvalue weighted by molar-refractivity contribution is 0.0981. The van der Waals surface area contributed by atoms with E-state index in [4.69, 9.17) is 32.2 Å². The van der Waals surface area contributed by atoms with Gasteiger partial charge in [-0.05, 0) is 43.9 Å². The molecule has 3 N–H and O–H groups in total. The van der Waals surface area contributed by atoms with Gasteiger partial charge in [0.05, 0.1) is 17.7 Å². The van der Waals surface area contributed by atoms with Crippen LogP contribution in [0.15, 0.2) is 18.2 Å². The Hall–Kier alpha value is -1.26. The van der Waals surface area contributed by atoms with Crippen molar-refractivity contribution in [2.75, 3.05) is 13.2 Å². The summed E-state index contributed by atoms with van der Waals surface area (Å²) in [5, 5.41) is 7.80. The third kappa shape index (κ3) is 4.11. The van der Waals surface area contributed by atoms with Crippen LogP contribution in [0.4, 0.5) is 0 Å². The molecule has 1 fully saturated rings. The lowest BCUT2D eigenvalue weighted by Crippen LogP contribution is -2.11. The highest BCUT2D eigenvalue weighted by Gasteiger charge is 2.14. The molecule has 0 aromatic heterocycles. The number of hydrogen-bond acceptors (Lipinski definition) is 3. The fourth-order valence-corrected chi connectivity index (χ4v) is 2.45. The van der Waals surface area contributed by atoms with E-state index in [1.165, 1.54) is 12.8 Å². The summed E-state index contributed by atoms with van der Waals surface area (Å²) in [6.07, 6.45) is 4.76. The average molecular weight is 283 g/mol. The van der Waals surface area contributed by atoms with Gasteiger partial charge in [0, 0.05) is 12.2 Å². The van der Waals surface area contributed by atoms with Gasteiger partial charge in [0.25, 0.3) is 0 Å². The standard InChI is InChI=1S/C14H19ClN2O2/c15-13-9-11(5-6-12(13)14(16)17)19-8-2-4-10-3-1-7-18-10/h5-6,9-10H,1-4,7-8H2,(H3,16,17). The molecule has 0 bridgehead atoms. The number of benzene rings is 1. The molecule has 5 heteroatoms. The van der Waals surface area contributed by atoms with Crippen molar-refractivity contribution in [3.8, 4) is 5.75 Å². The van der Waals surface area contributed by atoms with Crippen molar-refractivity contribution in [2.45, 2.75) is 31.8 Å². The van der Waals surface area contributed by atoms with Crippen LogP contribution in [0, 0.1) is 5.41 Å². The smallest absolute Gasteiger partial charge is 0.124 e. The molecule has 4 nitrogen and oxygen atoms in total. The van der Waals surface area contributed by atoms with Gasteiger partial charge in [-0.1, -0.05) is 11.6 Å². The van der Waals surface area contributed by atoms with Gasteiger partial charge in [-0.2, -0.15) is 0 Å². The van der Waals surface area contributed by atoms with E-state index >= 15 is 0 Å². The Morgan fingerprint density at radius 3 is 3.00 bits per heavy atom. The lowest BCUT2D eigenvalue weighted by Gasteiger charge is -2.11. The fourth-order valence-electron chi connectivity index (χ4n) is 2.18. The van der Waals surface area contributed by atoms with E-state index in [-0.39, 0.29) is 5.84 Å². The molecule has 1 atom stereocenters. The number of amidine groups is 1. The van der Waals surface area contributed by atoms with Crippen molar-refractivity contribution >= 4 is 17.4 Å². The van der Waals surface area contributed by atoms with Gasteiger partial charge in [-0.25, -0.2) is 0 Å². The lowest BCUT2D eigenvalue weighted by atomic mass is 10.1. The first kappa shape index (κ1) is 14.2. The molecular weight excluding hydrogens is 264 g/mol. The molecule has 19 heavy (non-hydrogen) atoms. The third-order valence-corrected chi connectivity index (χ3v) is 3.51. The number of nitrogens with one attached hydrogen (secondary N) is 1. The molecule has 104 valence electrons. The summed E-state index contributed by atoms with van der Waals surface area (Å²) >= 11 is 6.02. The van der Waals surface area contributed by atoms with Crippen molar-refractivity contribution < 1.29 is 9.47 Å². The van der Waals surface area contributed by atoms with Gasteiger partial charge in [0.15, 0.2) is 0 Å². The van der Waals surface area contributed by atoms with Crippen molar-refractivity contribution in [2.24, 2.45) is 5.73 Å². The summed E-state index contributed by atoms with van der Waals surface area (Å²) in [5.41, 5.74) is 5.94. The van der Waals surface area contributed by atoms with Crippen LogP contribution in [0.25, 0.3) is 0 Å². The molecule has 1 heterocycles. The van der Waals surface area contributed by atoms with Crippen molar-refractivity contribution in [1.29, 1.82) is 5.41 Å². The number of hydrogen-bond donors (Lipinski definition) is 2. The zero-order chi connectivity index (χ0) is 13.7. The van der Waals surface area contributed by atoms with Crippen LogP contribution in [0.1, 0.15) is 31.2 Å². The van der Waals surface area contributed by atoms with Crippen LogP contribution in [0.5, 0.6) is 5.75 Å². The summed E-state index contributed by atoms with van der Waals surface area (Å²) in [5.74, 6) is 0.678. The van der Waals surface area contributed by atoms with Gasteiger partial charge in [0.1, 0.15) is 11.6 Å². The SMILES string of the molecule is N=C(N)c1ccc(OCCCC2CCCO2)cc1Cl. The molecule has 1 aromatic rings. The normalized spacial score (nSPS) is 18.5. The number of nitrogens with two attached hydrogens (primary N) is 1. The van der Waals surface area contributed by atoms with E-state index < -0.39 is 0 Å². The molecule has 0 amide bonds. The molecule has 1 saturated heterocycles. The fraction of sp³-hybridized carbons (Fsp3) is 0.500. The van der Waals surface area contributed by atoms with Crippen LogP contribution in [-0.4, -0.2) is 25.2 Å². The molecule has 0 spiro atoms. The second-order valence-electron chi connectivity index (χ2n) is 4.68. The average Bonchev–Trinajstić information content (AvgIpc) is 2.87. The van der Waals surface area contributed by atoms with Crippen LogP contribution in [0.2, 0.25) is 5.02 Å². The Bertz CT molecular complexity index is 445. The molecule has 2 rings (SSSR count). The van der Waals surface area contributed by atoms with E-state index in [9.17, 15) is 0 Å². The minimum Gasteiger partial charge on any atom is -0.494 e. The summed E-state index contributed by atoms with van der Waals surface area (Å²) in [6, 6.07) is 5.19. The molecule has 0 radical (unpaired) electrons. The Labute approximate surface area is 118 Å². The molecule has 1 aliphatic rings. The van der Waals surface area contributed by atoms with E-state index in [1.807, 2.05) is 0 Å². The van der Waals surface area contributed by atoms with Gasteiger partial charge in [-0.3, -0.25) is 5.41 Å². The topological polar surface area (TPSA) is 68.3 Å². The summed E-state index contributed by atoms with van der Waals surface area (Å²) in [7, 11) is 0. The highest BCUT2D eigenvalue weighted by Crippen LogP contribution is 2.23. The first-order valence-corrected chi connectivity index (χ1v) is 6.93. The molecule has 1 aromatic carbocycles. The molecule has 0 saturated carbocycles. The van der Waals surface area contributed by atoms with E-state index in [0.29, 0.717) is 29.0 Å². The largest absolute Gasteiger partial charge is 0.494 e. The number of halogens is 1. The van der Waals surface area contributed by atoms with E-state index in [2.05, 4.69) is 0 Å². The monoisotopic (exact) mass is 282 g/mol. The molecule has 0 aliphatic carbocycles. The number of ether oxygens (including phenoxy) is 2. The maximum Gasteiger partial charge on any atom is 0.124 e. The van der Waals surface area contributed by atoms with Gasteiger partial charge in [-0.15, -0.1) is 0 Å².